The van der Waals surface area contributed by atoms with E-state index >= 15 is 0 Å². The predicted octanol–water partition coefficient (Wildman–Crippen LogP) is 1.77. The average Bonchev–Trinajstić information content (AvgIpc) is 3.28. The first-order valence-corrected chi connectivity index (χ1v) is 11.4. The summed E-state index contributed by atoms with van der Waals surface area (Å²) in [7, 11) is -1.81. The lowest BCUT2D eigenvalue weighted by Gasteiger charge is -2.36. The number of rotatable bonds is 7. The van der Waals surface area contributed by atoms with Crippen LogP contribution >= 0.6 is 11.3 Å². The van der Waals surface area contributed by atoms with Gasteiger partial charge in [-0.05, 0) is 36.1 Å². The molecular weight excluding hydrogens is 398 g/mol. The van der Waals surface area contributed by atoms with Gasteiger partial charge < -0.3 is 10.1 Å². The van der Waals surface area contributed by atoms with Gasteiger partial charge in [0.15, 0.2) is 0 Å². The number of benzene rings is 1. The van der Waals surface area contributed by atoms with Crippen molar-refractivity contribution in [3.63, 3.8) is 0 Å². The number of carbonyl (C=O) groups excluding carboxylic acids is 1. The summed E-state index contributed by atoms with van der Waals surface area (Å²) in [5, 5.41) is 4.71. The van der Waals surface area contributed by atoms with Gasteiger partial charge in [-0.3, -0.25) is 9.69 Å². The van der Waals surface area contributed by atoms with E-state index in [9.17, 15) is 13.2 Å². The van der Waals surface area contributed by atoms with E-state index in [0.29, 0.717) is 36.9 Å². The molecule has 0 unspecified atom stereocenters. The van der Waals surface area contributed by atoms with Crippen molar-refractivity contribution >= 4 is 27.3 Å². The maximum Gasteiger partial charge on any atom is 0.252 e. The van der Waals surface area contributed by atoms with Crippen LogP contribution in [0.4, 0.5) is 0 Å². The number of nitrogens with zero attached hydrogens (tertiary/aromatic N) is 2. The zero-order chi connectivity index (χ0) is 20.1. The molecule has 1 atom stereocenters. The lowest BCUT2D eigenvalue weighted by atomic mass is 10.2. The molecule has 28 heavy (non-hydrogen) atoms. The van der Waals surface area contributed by atoms with E-state index in [-0.39, 0.29) is 11.9 Å². The molecule has 2 heterocycles. The van der Waals surface area contributed by atoms with E-state index in [2.05, 4.69) is 5.32 Å². The van der Waals surface area contributed by atoms with E-state index < -0.39 is 10.0 Å². The molecule has 3 rings (SSSR count). The first-order valence-electron chi connectivity index (χ1n) is 9.10. The maximum atomic E-state index is 12.6. The van der Waals surface area contributed by atoms with Crippen LogP contribution in [0.5, 0.6) is 5.75 Å². The Morgan fingerprint density at radius 3 is 2.43 bits per heavy atom. The van der Waals surface area contributed by atoms with Gasteiger partial charge in [-0.2, -0.15) is 4.31 Å². The number of nitrogens with one attached hydrogen (secondary N) is 1. The number of ether oxygens (including phenoxy) is 1. The Bertz CT molecular complexity index is 874. The van der Waals surface area contributed by atoms with E-state index in [4.69, 9.17) is 4.74 Å². The quantitative estimate of drug-likeness (QED) is 0.734. The Morgan fingerprint density at radius 1 is 1.18 bits per heavy atom. The van der Waals surface area contributed by atoms with Gasteiger partial charge in [0.1, 0.15) is 9.96 Å². The van der Waals surface area contributed by atoms with Gasteiger partial charge in [-0.1, -0.05) is 18.2 Å². The van der Waals surface area contributed by atoms with Gasteiger partial charge in [0.2, 0.25) is 5.91 Å². The van der Waals surface area contributed by atoms with E-state index in [0.717, 1.165) is 11.3 Å². The number of methoxy groups -OCH3 is 1. The van der Waals surface area contributed by atoms with Crippen LogP contribution in [0.15, 0.2) is 46.0 Å². The summed E-state index contributed by atoms with van der Waals surface area (Å²) in [5.41, 5.74) is 0.994. The molecule has 1 aliphatic heterocycles. The summed E-state index contributed by atoms with van der Waals surface area (Å²) >= 11 is 1.23. The summed E-state index contributed by atoms with van der Waals surface area (Å²) in [6, 6.07) is 10.6. The number of hydrogen-bond donors (Lipinski definition) is 1. The third-order valence-corrected chi connectivity index (χ3v) is 8.19. The van der Waals surface area contributed by atoms with Crippen molar-refractivity contribution in [2.75, 3.05) is 33.3 Å². The number of piperazine rings is 1. The highest BCUT2D eigenvalue weighted by Crippen LogP contribution is 2.22. The fourth-order valence-electron chi connectivity index (χ4n) is 3.11. The van der Waals surface area contributed by atoms with Crippen molar-refractivity contribution < 1.29 is 17.9 Å². The highest BCUT2D eigenvalue weighted by molar-refractivity contribution is 7.91. The summed E-state index contributed by atoms with van der Waals surface area (Å²) in [6.45, 7) is 4.13. The molecule has 0 bridgehead atoms. The largest absolute Gasteiger partial charge is 0.497 e. The van der Waals surface area contributed by atoms with E-state index in [1.54, 1.807) is 24.6 Å². The van der Waals surface area contributed by atoms with Crippen LogP contribution in [0.3, 0.4) is 0 Å². The van der Waals surface area contributed by atoms with Gasteiger partial charge in [-0.25, -0.2) is 8.42 Å². The first kappa shape index (κ1) is 20.8. The molecule has 0 saturated carbocycles. The van der Waals surface area contributed by atoms with Crippen LogP contribution in [0.25, 0.3) is 0 Å². The van der Waals surface area contributed by atoms with Crippen molar-refractivity contribution in [3.05, 3.63) is 47.3 Å². The zero-order valence-corrected chi connectivity index (χ0v) is 17.6. The minimum absolute atomic E-state index is 0.0645. The molecule has 1 aliphatic rings. The van der Waals surface area contributed by atoms with Crippen LogP contribution in [0.2, 0.25) is 0 Å². The number of hydrogen-bond acceptors (Lipinski definition) is 6. The van der Waals surface area contributed by atoms with Crippen LogP contribution < -0.4 is 10.1 Å². The minimum atomic E-state index is -3.43. The summed E-state index contributed by atoms with van der Waals surface area (Å²) in [4.78, 5) is 14.5. The molecule has 1 aromatic heterocycles. The van der Waals surface area contributed by atoms with Gasteiger partial charge in [0.25, 0.3) is 10.0 Å². The zero-order valence-electron chi connectivity index (χ0n) is 16.0. The van der Waals surface area contributed by atoms with Gasteiger partial charge >= 0.3 is 0 Å². The van der Waals surface area contributed by atoms with Gasteiger partial charge in [0.05, 0.1) is 13.2 Å². The van der Waals surface area contributed by atoms with Crippen molar-refractivity contribution in [2.24, 2.45) is 0 Å². The monoisotopic (exact) mass is 423 g/mol. The van der Waals surface area contributed by atoms with Crippen molar-refractivity contribution in [1.29, 1.82) is 0 Å². The molecule has 7 nitrogen and oxygen atoms in total. The van der Waals surface area contributed by atoms with Crippen LogP contribution in [-0.4, -0.2) is 62.9 Å². The molecule has 1 N–H and O–H groups in total. The summed E-state index contributed by atoms with van der Waals surface area (Å²) in [6.07, 6.45) is 0. The Balaban J connectivity index is 1.50. The topological polar surface area (TPSA) is 79.0 Å². The van der Waals surface area contributed by atoms with Crippen LogP contribution in [-0.2, 0) is 21.4 Å². The highest BCUT2D eigenvalue weighted by atomic mass is 32.2. The van der Waals surface area contributed by atoms with Crippen LogP contribution in [0, 0.1) is 0 Å². The Hall–Kier alpha value is -1.94. The third kappa shape index (κ3) is 4.72. The molecule has 9 heteroatoms. The van der Waals surface area contributed by atoms with Crippen LogP contribution in [0.1, 0.15) is 12.5 Å². The molecule has 2 aromatic rings. The standard InChI is InChI=1S/C19H25N3O4S2/c1-15(19(23)20-14-16-5-7-17(26-2)8-6-16)21-9-11-22(12-10-21)28(24,25)18-4-3-13-27-18/h3-8,13,15H,9-12,14H2,1-2H3,(H,20,23)/t15-/m1/s1. The normalized spacial score (nSPS) is 17.2. The first-order chi connectivity index (χ1) is 13.4. The molecule has 152 valence electrons. The number of amides is 1. The number of carbonyl (C=O) groups is 1. The molecule has 1 fully saturated rings. The summed E-state index contributed by atoms with van der Waals surface area (Å²) < 4.78 is 32.2. The fourth-order valence-corrected chi connectivity index (χ4v) is 5.68. The number of thiophene rings is 1. The Labute approximate surface area is 170 Å². The fraction of sp³-hybridized carbons (Fsp3) is 0.421. The molecular formula is C19H25N3O4S2. The average molecular weight is 424 g/mol. The lowest BCUT2D eigenvalue weighted by molar-refractivity contribution is -0.126. The maximum absolute atomic E-state index is 12.6. The second-order valence-corrected chi connectivity index (χ2v) is 9.73. The van der Waals surface area contributed by atoms with Gasteiger partial charge in [0, 0.05) is 32.7 Å². The van der Waals surface area contributed by atoms with Gasteiger partial charge in [-0.15, -0.1) is 11.3 Å². The second-order valence-electron chi connectivity index (χ2n) is 6.61. The van der Waals surface area contributed by atoms with Crippen molar-refractivity contribution in [1.82, 2.24) is 14.5 Å². The molecule has 0 aliphatic carbocycles. The Morgan fingerprint density at radius 2 is 1.86 bits per heavy atom. The highest BCUT2D eigenvalue weighted by Gasteiger charge is 2.32. The van der Waals surface area contributed by atoms with E-state index in [1.165, 1.54) is 15.6 Å². The molecule has 1 aromatic carbocycles. The smallest absolute Gasteiger partial charge is 0.252 e. The van der Waals surface area contributed by atoms with Crippen molar-refractivity contribution in [2.45, 2.75) is 23.7 Å². The molecule has 0 radical (unpaired) electrons. The molecule has 0 spiro atoms. The second kappa shape index (κ2) is 9.04. The molecule has 1 amide bonds. The predicted molar refractivity (Wildman–Crippen MR) is 109 cm³/mol. The SMILES string of the molecule is COc1ccc(CNC(=O)[C@@H](C)N2CCN(S(=O)(=O)c3cccs3)CC2)cc1. The minimum Gasteiger partial charge on any atom is -0.497 e. The number of sulfonamides is 1. The third-order valence-electron chi connectivity index (χ3n) is 4.92. The van der Waals surface area contributed by atoms with Crippen molar-refractivity contribution in [3.8, 4) is 5.75 Å². The lowest BCUT2D eigenvalue weighted by Crippen LogP contribution is -2.54. The summed E-state index contributed by atoms with van der Waals surface area (Å²) in [5.74, 6) is 0.712. The molecule has 1 saturated heterocycles. The van der Waals surface area contributed by atoms with E-state index in [1.807, 2.05) is 36.1 Å². The Kier molecular flexibility index (Phi) is 6.71.